The Balaban J connectivity index is 1.94. The van der Waals surface area contributed by atoms with Crippen molar-refractivity contribution in [3.05, 3.63) is 35.9 Å². The lowest BCUT2D eigenvalue weighted by atomic mass is 10.1. The zero-order valence-electron chi connectivity index (χ0n) is 12.5. The Labute approximate surface area is 129 Å². The third-order valence-electron chi connectivity index (χ3n) is 3.40. The van der Waals surface area contributed by atoms with E-state index in [1.54, 1.807) is 6.92 Å². The van der Waals surface area contributed by atoms with E-state index >= 15 is 0 Å². The van der Waals surface area contributed by atoms with Gasteiger partial charge in [0.25, 0.3) is 0 Å². The number of carbonyl (C=O) groups is 3. The maximum Gasteiger partial charge on any atom is 0.417 e. The predicted molar refractivity (Wildman–Crippen MR) is 77.9 cm³/mol. The summed E-state index contributed by atoms with van der Waals surface area (Å²) in [5.41, 5.74) is 0.854. The molecule has 1 aliphatic heterocycles. The molecule has 1 aromatic rings. The van der Waals surface area contributed by atoms with Crippen LogP contribution in [0.15, 0.2) is 30.3 Å². The molecule has 1 fully saturated rings. The van der Waals surface area contributed by atoms with Crippen molar-refractivity contribution in [3.63, 3.8) is 0 Å². The predicted octanol–water partition coefficient (Wildman–Crippen LogP) is 2.44. The van der Waals surface area contributed by atoms with Crippen LogP contribution in [-0.4, -0.2) is 36.1 Å². The summed E-state index contributed by atoms with van der Waals surface area (Å²) in [6.45, 7) is 2.21. The van der Waals surface area contributed by atoms with Crippen LogP contribution >= 0.6 is 0 Å². The zero-order valence-corrected chi connectivity index (χ0v) is 12.5. The highest BCUT2D eigenvalue weighted by Gasteiger charge is 2.38. The van der Waals surface area contributed by atoms with Crippen LogP contribution in [0.4, 0.5) is 4.79 Å². The van der Waals surface area contributed by atoms with Crippen molar-refractivity contribution >= 4 is 18.0 Å². The molecule has 22 heavy (non-hydrogen) atoms. The summed E-state index contributed by atoms with van der Waals surface area (Å²) in [4.78, 5) is 36.4. The molecule has 0 saturated carbocycles. The Morgan fingerprint density at radius 1 is 1.27 bits per heavy atom. The fraction of sp³-hybridized carbons (Fsp3) is 0.438. The van der Waals surface area contributed by atoms with Gasteiger partial charge in [-0.1, -0.05) is 30.3 Å². The van der Waals surface area contributed by atoms with Crippen LogP contribution < -0.4 is 0 Å². The number of esters is 1. The van der Waals surface area contributed by atoms with E-state index in [1.165, 1.54) is 0 Å². The van der Waals surface area contributed by atoms with Crippen molar-refractivity contribution in [1.82, 2.24) is 4.90 Å². The van der Waals surface area contributed by atoms with Crippen molar-refractivity contribution in [2.75, 3.05) is 13.2 Å². The van der Waals surface area contributed by atoms with E-state index in [-0.39, 0.29) is 31.3 Å². The van der Waals surface area contributed by atoms with Gasteiger partial charge in [0.15, 0.2) is 0 Å². The molecular weight excluding hydrogens is 286 g/mol. The van der Waals surface area contributed by atoms with Gasteiger partial charge in [-0.2, -0.15) is 0 Å². The Bertz CT molecular complexity index is 543. The topological polar surface area (TPSA) is 72.9 Å². The Hall–Kier alpha value is -2.37. The van der Waals surface area contributed by atoms with Crippen molar-refractivity contribution < 1.29 is 23.9 Å². The summed E-state index contributed by atoms with van der Waals surface area (Å²) in [5, 5.41) is 0. The Morgan fingerprint density at radius 2 is 2.00 bits per heavy atom. The molecule has 2 rings (SSSR count). The quantitative estimate of drug-likeness (QED) is 0.755. The number of cyclic esters (lactones) is 1. The van der Waals surface area contributed by atoms with E-state index in [1.807, 2.05) is 30.3 Å². The van der Waals surface area contributed by atoms with Crippen molar-refractivity contribution in [1.29, 1.82) is 0 Å². The number of hydrogen-bond acceptors (Lipinski definition) is 5. The van der Waals surface area contributed by atoms with Crippen molar-refractivity contribution in [2.24, 2.45) is 0 Å². The van der Waals surface area contributed by atoms with Gasteiger partial charge in [-0.3, -0.25) is 9.59 Å². The summed E-state index contributed by atoms with van der Waals surface area (Å²) in [6, 6.07) is 8.87. The Kier molecular flexibility index (Phi) is 5.52. The molecular formula is C16H19NO5. The largest absolute Gasteiger partial charge is 0.466 e. The molecule has 0 bridgehead atoms. The third-order valence-corrected chi connectivity index (χ3v) is 3.40. The maximum atomic E-state index is 12.3. The second-order valence-electron chi connectivity index (χ2n) is 4.93. The number of nitrogens with zero attached hydrogens (tertiary/aromatic N) is 1. The van der Waals surface area contributed by atoms with Crippen LogP contribution in [0, 0.1) is 0 Å². The number of amides is 2. The van der Waals surface area contributed by atoms with Gasteiger partial charge in [0.05, 0.1) is 6.61 Å². The summed E-state index contributed by atoms with van der Waals surface area (Å²) in [7, 11) is 0. The van der Waals surface area contributed by atoms with Crippen LogP contribution in [0.25, 0.3) is 0 Å². The van der Waals surface area contributed by atoms with Gasteiger partial charge < -0.3 is 9.47 Å². The number of rotatable bonds is 6. The van der Waals surface area contributed by atoms with Crippen molar-refractivity contribution in [2.45, 2.75) is 32.2 Å². The summed E-state index contributed by atoms with van der Waals surface area (Å²) in [6.07, 6.45) is -0.00595. The fourth-order valence-electron chi connectivity index (χ4n) is 2.36. The van der Waals surface area contributed by atoms with Crippen LogP contribution in [0.3, 0.4) is 0 Å². The Morgan fingerprint density at radius 3 is 2.68 bits per heavy atom. The molecule has 1 aliphatic rings. The van der Waals surface area contributed by atoms with Gasteiger partial charge >= 0.3 is 12.1 Å². The molecule has 1 saturated heterocycles. The van der Waals surface area contributed by atoms with Gasteiger partial charge in [-0.15, -0.1) is 0 Å². The first kappa shape index (κ1) is 16.0. The molecule has 0 unspecified atom stereocenters. The molecule has 0 spiro atoms. The van der Waals surface area contributed by atoms with Gasteiger partial charge in [-0.05, 0) is 18.9 Å². The minimum Gasteiger partial charge on any atom is -0.466 e. The lowest BCUT2D eigenvalue weighted by Gasteiger charge is -2.19. The number of ether oxygens (including phenoxy) is 2. The number of hydrogen-bond donors (Lipinski definition) is 0. The lowest BCUT2D eigenvalue weighted by Crippen LogP contribution is -2.34. The molecule has 1 atom stereocenters. The molecule has 1 heterocycles. The molecule has 0 aromatic heterocycles. The molecule has 6 nitrogen and oxygen atoms in total. The molecule has 0 radical (unpaired) electrons. The zero-order chi connectivity index (χ0) is 15.9. The first-order valence-corrected chi connectivity index (χ1v) is 7.33. The number of benzene rings is 1. The third kappa shape index (κ3) is 3.84. The van der Waals surface area contributed by atoms with Crippen molar-refractivity contribution in [3.8, 4) is 0 Å². The standard InChI is InChI=1S/C16H19NO5/c1-2-21-15(19)10-6-9-14(18)17-13(11-22-16(17)20)12-7-4-3-5-8-12/h3-5,7-8,13H,2,6,9-11H2,1H3/t13-/m1/s1. The van der Waals surface area contributed by atoms with E-state index in [4.69, 9.17) is 9.47 Å². The van der Waals surface area contributed by atoms with Crippen LogP contribution in [0.5, 0.6) is 0 Å². The van der Waals surface area contributed by atoms with E-state index in [0.29, 0.717) is 13.0 Å². The first-order valence-electron chi connectivity index (χ1n) is 7.33. The average molecular weight is 305 g/mol. The highest BCUT2D eigenvalue weighted by Crippen LogP contribution is 2.28. The smallest absolute Gasteiger partial charge is 0.417 e. The fourth-order valence-corrected chi connectivity index (χ4v) is 2.36. The highest BCUT2D eigenvalue weighted by atomic mass is 16.6. The molecule has 1 aromatic carbocycles. The second-order valence-corrected chi connectivity index (χ2v) is 4.93. The SMILES string of the molecule is CCOC(=O)CCCC(=O)N1C(=O)OC[C@@H]1c1ccccc1. The maximum absolute atomic E-state index is 12.3. The first-order chi connectivity index (χ1) is 10.6. The number of carbonyl (C=O) groups excluding carboxylic acids is 3. The number of imide groups is 1. The van der Waals surface area contributed by atoms with E-state index < -0.39 is 12.1 Å². The summed E-state index contributed by atoms with van der Waals surface area (Å²) >= 11 is 0. The molecule has 2 amide bonds. The van der Waals surface area contributed by atoms with Crippen LogP contribution in [0.2, 0.25) is 0 Å². The highest BCUT2D eigenvalue weighted by molar-refractivity contribution is 5.93. The monoisotopic (exact) mass is 305 g/mol. The normalized spacial score (nSPS) is 17.2. The minimum atomic E-state index is -0.630. The van der Waals surface area contributed by atoms with Gasteiger partial charge in [-0.25, -0.2) is 9.69 Å². The van der Waals surface area contributed by atoms with Crippen LogP contribution in [-0.2, 0) is 19.1 Å². The molecule has 6 heteroatoms. The summed E-state index contributed by atoms with van der Waals surface area (Å²) < 4.78 is 9.80. The summed E-state index contributed by atoms with van der Waals surface area (Å²) in [5.74, 6) is -0.667. The van der Waals surface area contributed by atoms with Gasteiger partial charge in [0.1, 0.15) is 12.6 Å². The molecule has 0 aliphatic carbocycles. The van der Waals surface area contributed by atoms with Gasteiger partial charge in [0.2, 0.25) is 5.91 Å². The average Bonchev–Trinajstić information content (AvgIpc) is 2.90. The lowest BCUT2D eigenvalue weighted by molar-refractivity contribution is -0.143. The van der Waals surface area contributed by atoms with E-state index in [0.717, 1.165) is 10.5 Å². The minimum absolute atomic E-state index is 0.108. The van der Waals surface area contributed by atoms with Crippen LogP contribution in [0.1, 0.15) is 37.8 Å². The van der Waals surface area contributed by atoms with E-state index in [2.05, 4.69) is 0 Å². The molecule has 0 N–H and O–H groups in total. The molecule has 118 valence electrons. The van der Waals surface area contributed by atoms with E-state index in [9.17, 15) is 14.4 Å². The van der Waals surface area contributed by atoms with Gasteiger partial charge in [0, 0.05) is 12.8 Å². The second kappa shape index (κ2) is 7.59.